The summed E-state index contributed by atoms with van der Waals surface area (Å²) < 4.78 is 41.1. The van der Waals surface area contributed by atoms with Crippen LogP contribution in [0.4, 0.5) is 18.9 Å². The number of anilines is 1. The number of halogens is 3. The number of rotatable bonds is 2. The molecule has 1 aliphatic heterocycles. The van der Waals surface area contributed by atoms with Crippen molar-refractivity contribution in [2.75, 3.05) is 24.5 Å². The van der Waals surface area contributed by atoms with Gasteiger partial charge in [0, 0.05) is 31.2 Å². The zero-order chi connectivity index (χ0) is 17.4. The lowest BCUT2D eigenvalue weighted by atomic mass is 10.1. The zero-order valence-corrected chi connectivity index (χ0v) is 12.3. The van der Waals surface area contributed by atoms with Crippen molar-refractivity contribution in [2.45, 2.75) is 6.04 Å². The average molecular weight is 335 g/mol. The molecule has 1 amide bonds. The molecular formula is C15H12F3N5O. The number of nitrogens with two attached hydrogens (primary N) is 1. The van der Waals surface area contributed by atoms with Crippen molar-refractivity contribution in [2.24, 2.45) is 5.73 Å². The minimum Gasteiger partial charge on any atom is -0.368 e. The number of nitrogens with zero attached hydrogens (tertiary/aromatic N) is 3. The van der Waals surface area contributed by atoms with Crippen molar-refractivity contribution >= 4 is 22.5 Å². The Morgan fingerprint density at radius 3 is 2.83 bits per heavy atom. The van der Waals surface area contributed by atoms with Crippen LogP contribution in [0.15, 0.2) is 12.3 Å². The molecule has 2 heterocycles. The van der Waals surface area contributed by atoms with Crippen LogP contribution in [0, 0.1) is 28.8 Å². The van der Waals surface area contributed by atoms with Gasteiger partial charge in [-0.05, 0) is 6.07 Å². The minimum atomic E-state index is -1.62. The Hall–Kier alpha value is -2.86. The molecule has 1 aromatic carbocycles. The van der Waals surface area contributed by atoms with Gasteiger partial charge in [0.1, 0.15) is 17.6 Å². The minimum absolute atomic E-state index is 0.0319. The van der Waals surface area contributed by atoms with E-state index < -0.39 is 29.4 Å². The number of hydrogen-bond donors (Lipinski definition) is 2. The fraction of sp³-hybridized carbons (Fsp3) is 0.267. The van der Waals surface area contributed by atoms with Gasteiger partial charge in [-0.25, -0.2) is 13.2 Å². The van der Waals surface area contributed by atoms with E-state index in [0.29, 0.717) is 13.1 Å². The van der Waals surface area contributed by atoms with Crippen LogP contribution < -0.4 is 16.0 Å². The van der Waals surface area contributed by atoms with E-state index >= 15 is 0 Å². The number of hydrogen-bond acceptors (Lipinski definition) is 5. The van der Waals surface area contributed by atoms with Gasteiger partial charge in [0.2, 0.25) is 5.91 Å². The third-order valence-electron chi connectivity index (χ3n) is 3.93. The molecule has 9 heteroatoms. The van der Waals surface area contributed by atoms with Crippen LogP contribution in [0.1, 0.15) is 5.56 Å². The third-order valence-corrected chi connectivity index (χ3v) is 3.93. The monoisotopic (exact) mass is 335 g/mol. The highest BCUT2D eigenvalue weighted by molar-refractivity contribution is 5.95. The van der Waals surface area contributed by atoms with E-state index in [4.69, 9.17) is 5.73 Å². The number of primary amides is 1. The van der Waals surface area contributed by atoms with Crippen molar-refractivity contribution in [3.05, 3.63) is 35.3 Å². The Labute approximate surface area is 134 Å². The maximum Gasteiger partial charge on any atom is 0.236 e. The SMILES string of the molecule is N#Cc1cnc2c(F)c(F)c(F)cc2c1N1CCNC(C(N)=O)C1. The van der Waals surface area contributed by atoms with Crippen molar-refractivity contribution < 1.29 is 18.0 Å². The molecule has 0 saturated carbocycles. The molecule has 1 fully saturated rings. The number of carbonyl (C=O) groups excluding carboxylic acids is 1. The lowest BCUT2D eigenvalue weighted by Gasteiger charge is -2.34. The molecule has 1 unspecified atom stereocenters. The first-order valence-corrected chi connectivity index (χ1v) is 7.08. The Balaban J connectivity index is 2.22. The van der Waals surface area contributed by atoms with Crippen molar-refractivity contribution in [1.29, 1.82) is 5.26 Å². The number of benzene rings is 1. The summed E-state index contributed by atoms with van der Waals surface area (Å²) in [7, 11) is 0. The van der Waals surface area contributed by atoms with Crippen molar-refractivity contribution in [1.82, 2.24) is 10.3 Å². The number of pyridine rings is 1. The van der Waals surface area contributed by atoms with Crippen LogP contribution in [0.5, 0.6) is 0 Å². The third kappa shape index (κ3) is 2.51. The van der Waals surface area contributed by atoms with E-state index in [0.717, 1.165) is 12.3 Å². The number of piperazine rings is 1. The molecule has 1 atom stereocenters. The standard InChI is InChI=1S/C15H12F3N5O/c16-9-3-8-13(12(18)11(9)17)22-5-7(4-19)14(8)23-2-1-21-10(6-23)15(20)24/h3,5,10,21H,1-2,6H2,(H2,20,24). The second-order valence-corrected chi connectivity index (χ2v) is 5.37. The second kappa shape index (κ2) is 5.98. The van der Waals surface area contributed by atoms with E-state index in [1.165, 1.54) is 0 Å². The predicted molar refractivity (Wildman–Crippen MR) is 79.5 cm³/mol. The van der Waals surface area contributed by atoms with E-state index in [2.05, 4.69) is 10.3 Å². The first-order chi connectivity index (χ1) is 11.4. The summed E-state index contributed by atoms with van der Waals surface area (Å²) in [6, 6.07) is 2.03. The quantitative estimate of drug-likeness (QED) is 0.791. The molecule has 3 N–H and O–H groups in total. The number of nitrogens with one attached hydrogen (secondary N) is 1. The number of fused-ring (bicyclic) bond motifs is 1. The van der Waals surface area contributed by atoms with Gasteiger partial charge >= 0.3 is 0 Å². The van der Waals surface area contributed by atoms with Crippen LogP contribution >= 0.6 is 0 Å². The Bertz CT molecular complexity index is 880. The fourth-order valence-corrected chi connectivity index (χ4v) is 2.79. The van der Waals surface area contributed by atoms with E-state index in [1.54, 1.807) is 4.90 Å². The molecule has 24 heavy (non-hydrogen) atoms. The summed E-state index contributed by atoms with van der Waals surface area (Å²) in [5, 5.41) is 12.2. The molecule has 1 aromatic heterocycles. The van der Waals surface area contributed by atoms with Gasteiger partial charge in [0.15, 0.2) is 17.5 Å². The van der Waals surface area contributed by atoms with Crippen LogP contribution in [-0.4, -0.2) is 36.6 Å². The summed E-state index contributed by atoms with van der Waals surface area (Å²) in [6.45, 7) is 0.871. The van der Waals surface area contributed by atoms with E-state index in [9.17, 15) is 23.2 Å². The number of carbonyl (C=O) groups is 1. The highest BCUT2D eigenvalue weighted by Crippen LogP contribution is 2.33. The molecule has 1 saturated heterocycles. The van der Waals surface area contributed by atoms with Gasteiger partial charge in [-0.3, -0.25) is 9.78 Å². The molecule has 1 aliphatic rings. The van der Waals surface area contributed by atoms with Crippen LogP contribution in [0.3, 0.4) is 0 Å². The molecule has 0 bridgehead atoms. The first-order valence-electron chi connectivity index (χ1n) is 7.08. The average Bonchev–Trinajstić information content (AvgIpc) is 2.58. The topological polar surface area (TPSA) is 95.0 Å². The number of nitriles is 1. The van der Waals surface area contributed by atoms with Crippen molar-refractivity contribution in [3.63, 3.8) is 0 Å². The maximum atomic E-state index is 14.0. The van der Waals surface area contributed by atoms with Gasteiger partial charge in [0.05, 0.1) is 11.3 Å². The Morgan fingerprint density at radius 2 is 2.17 bits per heavy atom. The summed E-state index contributed by atoms with van der Waals surface area (Å²) in [5.41, 5.74) is 5.18. The largest absolute Gasteiger partial charge is 0.368 e. The van der Waals surface area contributed by atoms with Gasteiger partial charge in [0.25, 0.3) is 0 Å². The van der Waals surface area contributed by atoms with Gasteiger partial charge < -0.3 is 16.0 Å². The molecular weight excluding hydrogens is 323 g/mol. The molecule has 6 nitrogen and oxygen atoms in total. The van der Waals surface area contributed by atoms with Crippen molar-refractivity contribution in [3.8, 4) is 6.07 Å². The molecule has 0 aliphatic carbocycles. The van der Waals surface area contributed by atoms with Gasteiger partial charge in [-0.15, -0.1) is 0 Å². The van der Waals surface area contributed by atoms with E-state index in [1.807, 2.05) is 6.07 Å². The molecule has 2 aromatic rings. The summed E-state index contributed by atoms with van der Waals surface area (Å²) in [4.78, 5) is 16.7. The van der Waals surface area contributed by atoms with E-state index in [-0.39, 0.29) is 28.7 Å². The first kappa shape index (κ1) is 16.0. The molecule has 0 spiro atoms. The van der Waals surface area contributed by atoms with Crippen LogP contribution in [-0.2, 0) is 4.79 Å². The summed E-state index contributed by atoms with van der Waals surface area (Å²) in [6.07, 6.45) is 1.10. The molecule has 0 radical (unpaired) electrons. The van der Waals surface area contributed by atoms with Crippen LogP contribution in [0.2, 0.25) is 0 Å². The second-order valence-electron chi connectivity index (χ2n) is 5.37. The zero-order valence-electron chi connectivity index (χ0n) is 12.3. The van der Waals surface area contributed by atoms with Crippen LogP contribution in [0.25, 0.3) is 10.9 Å². The predicted octanol–water partition coefficient (Wildman–Crippen LogP) is 0.787. The van der Waals surface area contributed by atoms with Gasteiger partial charge in [-0.1, -0.05) is 0 Å². The maximum absolute atomic E-state index is 14.0. The Kier molecular flexibility index (Phi) is 3.99. The smallest absolute Gasteiger partial charge is 0.236 e. The highest BCUT2D eigenvalue weighted by atomic mass is 19.2. The highest BCUT2D eigenvalue weighted by Gasteiger charge is 2.28. The normalized spacial score (nSPS) is 17.8. The summed E-state index contributed by atoms with van der Waals surface area (Å²) >= 11 is 0. The summed E-state index contributed by atoms with van der Waals surface area (Å²) in [5.74, 6) is -5.00. The lowest BCUT2D eigenvalue weighted by Crippen LogP contribution is -2.56. The molecule has 124 valence electrons. The Morgan fingerprint density at radius 1 is 1.42 bits per heavy atom. The lowest BCUT2D eigenvalue weighted by molar-refractivity contribution is -0.120. The number of amides is 1. The fourth-order valence-electron chi connectivity index (χ4n) is 2.79. The molecule has 3 rings (SSSR count). The number of aromatic nitrogens is 1. The van der Waals surface area contributed by atoms with Gasteiger partial charge in [-0.2, -0.15) is 5.26 Å².